The van der Waals surface area contributed by atoms with Crippen molar-refractivity contribution in [1.29, 1.82) is 0 Å². The summed E-state index contributed by atoms with van der Waals surface area (Å²) in [5, 5.41) is 9.44. The lowest BCUT2D eigenvalue weighted by molar-refractivity contribution is -0.162. The van der Waals surface area contributed by atoms with Crippen LogP contribution >= 0.6 is 11.2 Å². The smallest absolute Gasteiger partial charge is 0.323 e. The summed E-state index contributed by atoms with van der Waals surface area (Å²) in [5.41, 5.74) is 0. The molecular formula is C15H29NO3SSi. The lowest BCUT2D eigenvalue weighted by Gasteiger charge is -2.50. The van der Waals surface area contributed by atoms with Crippen LogP contribution in [-0.4, -0.2) is 46.9 Å². The molecule has 1 rings (SSSR count). The van der Waals surface area contributed by atoms with Gasteiger partial charge in [0.2, 0.25) is 5.91 Å². The van der Waals surface area contributed by atoms with Crippen LogP contribution < -0.4 is 0 Å². The summed E-state index contributed by atoms with van der Waals surface area (Å²) in [4.78, 5) is 24.7. The Hall–Kier alpha value is -0.493. The maximum absolute atomic E-state index is 12.3. The van der Waals surface area contributed by atoms with Gasteiger partial charge in [-0.2, -0.15) is 11.2 Å². The Morgan fingerprint density at radius 3 is 2.33 bits per heavy atom. The standard InChI is InChI=1S/C15H29NO3SSi/c1-8-11-13(14(19)16(11)9-12(17)18)10(2)20-21(6,7)15(3,4)5/h10-11,13H,8-9H2,1-7H3,(H,17,18)/t10-,11-,13+/m1/s1. The predicted octanol–water partition coefficient (Wildman–Crippen LogP) is 3.43. The molecule has 1 fully saturated rings. The summed E-state index contributed by atoms with van der Waals surface area (Å²) >= 11 is 1.98. The quantitative estimate of drug-likeness (QED) is 0.598. The molecular weight excluding hydrogens is 302 g/mol. The molecule has 6 heteroatoms. The first kappa shape index (κ1) is 18.6. The van der Waals surface area contributed by atoms with Gasteiger partial charge in [-0.05, 0) is 11.5 Å². The second-order valence-corrected chi connectivity index (χ2v) is 16.7. The topological polar surface area (TPSA) is 57.6 Å². The van der Waals surface area contributed by atoms with E-state index in [1.54, 1.807) is 0 Å². The van der Waals surface area contributed by atoms with Crippen LogP contribution in [0.15, 0.2) is 0 Å². The molecule has 1 aliphatic heterocycles. The number of hydrogen-bond acceptors (Lipinski definition) is 3. The van der Waals surface area contributed by atoms with Crippen LogP contribution in [-0.2, 0) is 9.59 Å². The second-order valence-electron chi connectivity index (χ2n) is 7.44. The van der Waals surface area contributed by atoms with E-state index >= 15 is 0 Å². The monoisotopic (exact) mass is 331 g/mol. The highest BCUT2D eigenvalue weighted by Crippen LogP contribution is 2.48. The highest BCUT2D eigenvalue weighted by Gasteiger charge is 2.51. The Morgan fingerprint density at radius 1 is 1.43 bits per heavy atom. The summed E-state index contributed by atoms with van der Waals surface area (Å²) in [6.07, 6.45) is 0.825. The fraction of sp³-hybridized carbons (Fsp3) is 0.867. The summed E-state index contributed by atoms with van der Waals surface area (Å²) in [7, 11) is -1.51. The van der Waals surface area contributed by atoms with Crippen LogP contribution in [0.3, 0.4) is 0 Å². The highest BCUT2D eigenvalue weighted by molar-refractivity contribution is 8.29. The van der Waals surface area contributed by atoms with Crippen LogP contribution in [0.1, 0.15) is 41.0 Å². The lowest BCUT2D eigenvalue weighted by atomic mass is 9.83. The van der Waals surface area contributed by atoms with E-state index in [2.05, 4.69) is 40.8 Å². The van der Waals surface area contributed by atoms with E-state index < -0.39 is 13.2 Å². The molecule has 0 aromatic carbocycles. The molecule has 0 aliphatic carbocycles. The number of carboxylic acids is 1. The fourth-order valence-corrected chi connectivity index (χ4v) is 8.69. The molecule has 0 aromatic rings. The Bertz CT molecular complexity index is 420. The van der Waals surface area contributed by atoms with Gasteiger partial charge in [0.15, 0.2) is 0 Å². The molecule has 0 radical (unpaired) electrons. The first-order chi connectivity index (χ1) is 9.42. The molecule has 21 heavy (non-hydrogen) atoms. The van der Waals surface area contributed by atoms with Gasteiger partial charge in [-0.1, -0.05) is 47.7 Å². The Morgan fingerprint density at radius 2 is 1.95 bits per heavy atom. The van der Waals surface area contributed by atoms with Crippen LogP contribution in [0.2, 0.25) is 18.1 Å². The van der Waals surface area contributed by atoms with E-state index in [0.717, 1.165) is 6.42 Å². The Labute approximate surface area is 133 Å². The first-order valence-electron chi connectivity index (χ1n) is 7.62. The fourth-order valence-electron chi connectivity index (χ4n) is 2.67. The summed E-state index contributed by atoms with van der Waals surface area (Å²) < 4.78 is 0. The molecule has 122 valence electrons. The first-order valence-corrected chi connectivity index (χ1v) is 12.2. The van der Waals surface area contributed by atoms with Gasteiger partial charge < -0.3 is 10.0 Å². The number of carbonyl (C=O) groups is 2. The number of amides is 1. The third kappa shape index (κ3) is 3.83. The SMILES string of the molecule is CC[C@@H]1[C@H]([C@@H](C)S[Si](C)(C)C(C)(C)C)C(=O)N1CC(=O)O. The van der Waals surface area contributed by atoms with Crippen molar-refractivity contribution in [2.75, 3.05) is 6.54 Å². The summed E-state index contributed by atoms with van der Waals surface area (Å²) in [5.74, 6) is -0.929. The normalized spacial score (nSPS) is 24.7. The van der Waals surface area contributed by atoms with Gasteiger partial charge in [0, 0.05) is 11.3 Å². The predicted molar refractivity (Wildman–Crippen MR) is 91.2 cm³/mol. The number of likely N-dealkylation sites (tertiary alicyclic amines) is 1. The number of hydrogen-bond donors (Lipinski definition) is 1. The molecule has 1 aliphatic rings. The molecule has 0 spiro atoms. The van der Waals surface area contributed by atoms with E-state index in [9.17, 15) is 9.59 Å². The molecule has 0 aromatic heterocycles. The van der Waals surface area contributed by atoms with E-state index in [-0.39, 0.29) is 34.7 Å². The maximum Gasteiger partial charge on any atom is 0.323 e. The molecule has 3 atom stereocenters. The number of nitrogens with zero attached hydrogens (tertiary/aromatic N) is 1. The van der Waals surface area contributed by atoms with Gasteiger partial charge in [-0.3, -0.25) is 9.59 Å². The van der Waals surface area contributed by atoms with Crippen molar-refractivity contribution < 1.29 is 14.7 Å². The molecule has 0 saturated carbocycles. The number of aliphatic carboxylic acids is 1. The van der Waals surface area contributed by atoms with Crippen molar-refractivity contribution >= 4 is 30.3 Å². The second kappa shape index (κ2) is 6.32. The van der Waals surface area contributed by atoms with Crippen molar-refractivity contribution in [3.05, 3.63) is 0 Å². The van der Waals surface area contributed by atoms with E-state index in [1.807, 2.05) is 18.1 Å². The molecule has 0 bridgehead atoms. The van der Waals surface area contributed by atoms with Crippen LogP contribution in [0.5, 0.6) is 0 Å². The minimum absolute atomic E-state index is 0.0166. The molecule has 0 unspecified atom stereocenters. The van der Waals surface area contributed by atoms with Crippen LogP contribution in [0, 0.1) is 5.92 Å². The number of rotatable bonds is 6. The lowest BCUT2D eigenvalue weighted by Crippen LogP contribution is -2.64. The Balaban J connectivity index is 2.78. The van der Waals surface area contributed by atoms with E-state index in [4.69, 9.17) is 5.11 Å². The number of β-lactam (4-membered cyclic amide) rings is 1. The van der Waals surface area contributed by atoms with Crippen molar-refractivity contribution in [3.8, 4) is 0 Å². The third-order valence-electron chi connectivity index (χ3n) is 4.90. The minimum atomic E-state index is -1.51. The van der Waals surface area contributed by atoms with E-state index in [1.165, 1.54) is 4.90 Å². The van der Waals surface area contributed by atoms with Crippen molar-refractivity contribution in [2.45, 2.75) is 70.5 Å². The Kier molecular flexibility index (Phi) is 5.59. The average Bonchev–Trinajstić information content (AvgIpc) is 2.29. The van der Waals surface area contributed by atoms with Crippen molar-refractivity contribution in [1.82, 2.24) is 4.90 Å². The molecule has 1 amide bonds. The molecule has 4 nitrogen and oxygen atoms in total. The zero-order valence-electron chi connectivity index (χ0n) is 14.3. The zero-order valence-corrected chi connectivity index (χ0v) is 16.1. The van der Waals surface area contributed by atoms with Gasteiger partial charge in [-0.25, -0.2) is 0 Å². The average molecular weight is 332 g/mol. The summed E-state index contributed by atoms with van der Waals surface area (Å²) in [6, 6.07) is 0.0841. The number of carboxylic acid groups (broad SMARTS) is 1. The molecule has 1 heterocycles. The minimum Gasteiger partial charge on any atom is -0.480 e. The largest absolute Gasteiger partial charge is 0.480 e. The van der Waals surface area contributed by atoms with Gasteiger partial charge in [0.1, 0.15) is 13.8 Å². The summed E-state index contributed by atoms with van der Waals surface area (Å²) in [6.45, 7) is 15.5. The third-order valence-corrected chi connectivity index (χ3v) is 14.5. The van der Waals surface area contributed by atoms with Crippen molar-refractivity contribution in [3.63, 3.8) is 0 Å². The van der Waals surface area contributed by atoms with Crippen LogP contribution in [0.25, 0.3) is 0 Å². The van der Waals surface area contributed by atoms with Crippen LogP contribution in [0.4, 0.5) is 0 Å². The molecule has 1 N–H and O–H groups in total. The van der Waals surface area contributed by atoms with Gasteiger partial charge in [0.05, 0.1) is 5.92 Å². The van der Waals surface area contributed by atoms with E-state index in [0.29, 0.717) is 0 Å². The molecule has 1 saturated heterocycles. The van der Waals surface area contributed by atoms with Gasteiger partial charge in [0.25, 0.3) is 0 Å². The zero-order chi connectivity index (χ0) is 16.6. The number of carbonyl (C=O) groups excluding carboxylic acids is 1. The van der Waals surface area contributed by atoms with Crippen molar-refractivity contribution in [2.24, 2.45) is 5.92 Å². The highest BCUT2D eigenvalue weighted by atomic mass is 32.4. The van der Waals surface area contributed by atoms with Gasteiger partial charge >= 0.3 is 5.97 Å². The maximum atomic E-state index is 12.3. The van der Waals surface area contributed by atoms with Gasteiger partial charge in [-0.15, -0.1) is 0 Å².